The van der Waals surface area contributed by atoms with Gasteiger partial charge in [-0.05, 0) is 6.42 Å². The average molecular weight is 281 g/mol. The molecule has 20 heavy (non-hydrogen) atoms. The Morgan fingerprint density at radius 1 is 1.10 bits per heavy atom. The number of amides is 3. The average Bonchev–Trinajstić information content (AvgIpc) is 2.87. The topological polar surface area (TPSA) is 90.0 Å². The molecule has 3 amide bonds. The number of nitrogens with zero attached hydrogens (tertiary/aromatic N) is 2. The minimum Gasteiger partial charge on any atom is -0.481 e. The van der Waals surface area contributed by atoms with E-state index in [4.69, 9.17) is 5.11 Å². The van der Waals surface area contributed by atoms with Gasteiger partial charge in [-0.15, -0.1) is 0 Å². The van der Waals surface area contributed by atoms with Gasteiger partial charge in [-0.25, -0.2) is 4.79 Å². The van der Waals surface area contributed by atoms with Gasteiger partial charge in [0.15, 0.2) is 0 Å². The molecule has 7 nitrogen and oxygen atoms in total. The van der Waals surface area contributed by atoms with Gasteiger partial charge in [0.2, 0.25) is 5.91 Å². The number of nitrogens with one attached hydrogen (secondary N) is 1. The van der Waals surface area contributed by atoms with Crippen molar-refractivity contribution < 1.29 is 19.5 Å². The van der Waals surface area contributed by atoms with Gasteiger partial charge in [-0.3, -0.25) is 9.59 Å². The lowest BCUT2D eigenvalue weighted by Crippen LogP contribution is -2.54. The van der Waals surface area contributed by atoms with Crippen LogP contribution >= 0.6 is 0 Å². The number of carboxylic acids is 1. The van der Waals surface area contributed by atoms with Gasteiger partial charge in [0.25, 0.3) is 0 Å². The molecule has 0 saturated carbocycles. The molecule has 1 aliphatic heterocycles. The van der Waals surface area contributed by atoms with Crippen LogP contribution in [0.15, 0.2) is 12.2 Å². The molecule has 1 fully saturated rings. The van der Waals surface area contributed by atoms with Crippen molar-refractivity contribution in [3.8, 4) is 0 Å². The van der Waals surface area contributed by atoms with E-state index in [1.54, 1.807) is 22.0 Å². The summed E-state index contributed by atoms with van der Waals surface area (Å²) in [6, 6.07) is -0.427. The van der Waals surface area contributed by atoms with Gasteiger partial charge in [-0.2, -0.15) is 0 Å². The van der Waals surface area contributed by atoms with Crippen LogP contribution in [-0.4, -0.2) is 65.0 Å². The summed E-state index contributed by atoms with van der Waals surface area (Å²) in [5, 5.41) is 11.7. The first-order chi connectivity index (χ1) is 9.47. The Labute approximate surface area is 117 Å². The van der Waals surface area contributed by atoms with Crippen molar-refractivity contribution in [1.82, 2.24) is 15.1 Å². The van der Waals surface area contributed by atoms with Crippen molar-refractivity contribution in [3.63, 3.8) is 0 Å². The SMILES string of the molecule is CC(=O)N1CCN(C(=O)NC2C=CC(C(=O)O)C2)CC1. The van der Waals surface area contributed by atoms with Crippen LogP contribution in [0.5, 0.6) is 0 Å². The van der Waals surface area contributed by atoms with Crippen molar-refractivity contribution >= 4 is 17.9 Å². The van der Waals surface area contributed by atoms with Crippen molar-refractivity contribution in [3.05, 3.63) is 12.2 Å². The van der Waals surface area contributed by atoms with E-state index in [9.17, 15) is 14.4 Å². The highest BCUT2D eigenvalue weighted by Gasteiger charge is 2.28. The van der Waals surface area contributed by atoms with E-state index in [2.05, 4.69) is 5.32 Å². The molecule has 7 heteroatoms. The number of hydrogen-bond acceptors (Lipinski definition) is 3. The van der Waals surface area contributed by atoms with Crippen molar-refractivity contribution in [1.29, 1.82) is 0 Å². The van der Waals surface area contributed by atoms with Crippen LogP contribution in [0, 0.1) is 5.92 Å². The molecule has 1 aliphatic carbocycles. The van der Waals surface area contributed by atoms with Crippen molar-refractivity contribution in [2.75, 3.05) is 26.2 Å². The van der Waals surface area contributed by atoms with Crippen LogP contribution < -0.4 is 5.32 Å². The molecule has 2 aliphatic rings. The summed E-state index contributed by atoms with van der Waals surface area (Å²) in [7, 11) is 0. The molecule has 1 heterocycles. The van der Waals surface area contributed by atoms with E-state index in [1.807, 2.05) is 0 Å². The van der Waals surface area contributed by atoms with Gasteiger partial charge in [0, 0.05) is 33.1 Å². The number of piperazine rings is 1. The maximum absolute atomic E-state index is 12.0. The Morgan fingerprint density at radius 2 is 1.70 bits per heavy atom. The molecular formula is C13H19N3O4. The smallest absolute Gasteiger partial charge is 0.317 e. The maximum Gasteiger partial charge on any atom is 0.317 e. The number of hydrogen-bond donors (Lipinski definition) is 2. The fraction of sp³-hybridized carbons (Fsp3) is 0.615. The minimum atomic E-state index is -0.868. The van der Waals surface area contributed by atoms with E-state index >= 15 is 0 Å². The molecule has 2 unspecified atom stereocenters. The zero-order valence-electron chi connectivity index (χ0n) is 11.4. The summed E-state index contributed by atoms with van der Waals surface area (Å²) in [4.78, 5) is 37.4. The van der Waals surface area contributed by atoms with E-state index in [0.717, 1.165) is 0 Å². The Balaban J connectivity index is 1.78. The molecule has 2 N–H and O–H groups in total. The van der Waals surface area contributed by atoms with Gasteiger partial charge >= 0.3 is 12.0 Å². The molecule has 0 aromatic rings. The first-order valence-corrected chi connectivity index (χ1v) is 6.69. The Morgan fingerprint density at radius 3 is 2.20 bits per heavy atom. The first kappa shape index (κ1) is 14.4. The van der Waals surface area contributed by atoms with Crippen LogP contribution in [0.2, 0.25) is 0 Å². The van der Waals surface area contributed by atoms with Crippen molar-refractivity contribution in [2.24, 2.45) is 5.92 Å². The van der Waals surface area contributed by atoms with Gasteiger partial charge in [-0.1, -0.05) is 12.2 Å². The predicted octanol–water partition coefficient (Wildman–Crippen LogP) is -0.111. The Hall–Kier alpha value is -2.05. The maximum atomic E-state index is 12.0. The zero-order valence-corrected chi connectivity index (χ0v) is 11.4. The number of urea groups is 1. The third-order valence-electron chi connectivity index (χ3n) is 3.72. The molecule has 2 atom stereocenters. The summed E-state index contributed by atoms with van der Waals surface area (Å²) in [6.07, 6.45) is 3.73. The molecule has 0 aromatic heterocycles. The second-order valence-electron chi connectivity index (χ2n) is 5.11. The van der Waals surface area contributed by atoms with Gasteiger partial charge in [0.1, 0.15) is 0 Å². The van der Waals surface area contributed by atoms with E-state index in [-0.39, 0.29) is 18.0 Å². The predicted molar refractivity (Wildman–Crippen MR) is 71.0 cm³/mol. The molecule has 0 bridgehead atoms. The van der Waals surface area contributed by atoms with Crippen LogP contribution in [0.1, 0.15) is 13.3 Å². The summed E-state index contributed by atoms with van der Waals surface area (Å²) in [6.45, 7) is 3.61. The lowest BCUT2D eigenvalue weighted by molar-refractivity contribution is -0.140. The van der Waals surface area contributed by atoms with Crippen LogP contribution in [0.3, 0.4) is 0 Å². The molecular weight excluding hydrogens is 262 g/mol. The molecule has 2 rings (SSSR count). The molecule has 110 valence electrons. The van der Waals surface area contributed by atoms with E-state index in [0.29, 0.717) is 32.6 Å². The monoisotopic (exact) mass is 281 g/mol. The lowest BCUT2D eigenvalue weighted by atomic mass is 10.1. The highest BCUT2D eigenvalue weighted by Crippen LogP contribution is 2.18. The largest absolute Gasteiger partial charge is 0.481 e. The summed E-state index contributed by atoms with van der Waals surface area (Å²) < 4.78 is 0. The van der Waals surface area contributed by atoms with E-state index in [1.165, 1.54) is 6.92 Å². The minimum absolute atomic E-state index is 0.0214. The third-order valence-corrected chi connectivity index (χ3v) is 3.72. The quantitative estimate of drug-likeness (QED) is 0.691. The highest BCUT2D eigenvalue weighted by atomic mass is 16.4. The number of carbonyl (C=O) groups is 3. The first-order valence-electron chi connectivity index (χ1n) is 6.69. The zero-order chi connectivity index (χ0) is 14.7. The lowest BCUT2D eigenvalue weighted by Gasteiger charge is -2.34. The Bertz CT molecular complexity index is 441. The Kier molecular flexibility index (Phi) is 4.26. The van der Waals surface area contributed by atoms with Crippen LogP contribution in [0.25, 0.3) is 0 Å². The number of rotatable bonds is 2. The normalized spacial score (nSPS) is 25.6. The number of carboxylic acid groups (broad SMARTS) is 1. The van der Waals surface area contributed by atoms with E-state index < -0.39 is 11.9 Å². The second-order valence-corrected chi connectivity index (χ2v) is 5.11. The highest BCUT2D eigenvalue weighted by molar-refractivity contribution is 5.77. The molecule has 0 aromatic carbocycles. The van der Waals surface area contributed by atoms with Gasteiger partial charge < -0.3 is 20.2 Å². The molecule has 1 saturated heterocycles. The summed E-state index contributed by atoms with van der Waals surface area (Å²) in [5.41, 5.74) is 0. The number of carbonyl (C=O) groups excluding carboxylic acids is 2. The summed E-state index contributed by atoms with van der Waals surface area (Å²) in [5.74, 6) is -1.36. The van der Waals surface area contributed by atoms with Gasteiger partial charge in [0.05, 0.1) is 12.0 Å². The fourth-order valence-corrected chi connectivity index (χ4v) is 2.46. The van der Waals surface area contributed by atoms with Crippen molar-refractivity contribution in [2.45, 2.75) is 19.4 Å². The van der Waals surface area contributed by atoms with Crippen LogP contribution in [-0.2, 0) is 9.59 Å². The summed E-state index contributed by atoms with van der Waals surface area (Å²) >= 11 is 0. The third kappa shape index (κ3) is 3.28. The molecule has 0 spiro atoms. The number of aliphatic carboxylic acids is 1. The standard InChI is InChI=1S/C13H19N3O4/c1-9(17)15-4-6-16(7-5-15)13(20)14-11-3-2-10(8-11)12(18)19/h2-3,10-11H,4-8H2,1H3,(H,14,20)(H,18,19). The van der Waals surface area contributed by atoms with Crippen LogP contribution in [0.4, 0.5) is 4.79 Å². The fourth-order valence-electron chi connectivity index (χ4n) is 2.46. The molecule has 0 radical (unpaired) electrons. The second kappa shape index (κ2) is 5.94.